The average molecular weight is 331 g/mol. The second-order valence-electron chi connectivity index (χ2n) is 5.88. The molecule has 0 radical (unpaired) electrons. The van der Waals surface area contributed by atoms with Crippen molar-refractivity contribution in [3.8, 4) is 5.75 Å². The molecule has 122 valence electrons. The van der Waals surface area contributed by atoms with E-state index in [-0.39, 0.29) is 12.0 Å². The number of nitrogens with zero attached hydrogens (tertiary/aromatic N) is 1. The van der Waals surface area contributed by atoms with E-state index in [0.717, 1.165) is 18.8 Å². The molecule has 1 unspecified atom stereocenters. The maximum absolute atomic E-state index is 11.2. The molecule has 2 heterocycles. The number of aliphatic carboxylic acids is 1. The van der Waals surface area contributed by atoms with Crippen molar-refractivity contribution < 1.29 is 14.6 Å². The topological polar surface area (TPSA) is 49.8 Å². The van der Waals surface area contributed by atoms with Gasteiger partial charge >= 0.3 is 5.97 Å². The quantitative estimate of drug-likeness (QED) is 0.909. The predicted octanol–water partition coefficient (Wildman–Crippen LogP) is 3.64. The molecule has 4 nitrogen and oxygen atoms in total. The van der Waals surface area contributed by atoms with Gasteiger partial charge in [0.2, 0.25) is 0 Å². The Bertz CT molecular complexity index is 631. The summed E-state index contributed by atoms with van der Waals surface area (Å²) in [5.74, 6) is -0.0196. The number of likely N-dealkylation sites (tertiary alicyclic amines) is 1. The first-order chi connectivity index (χ1) is 11.2. The maximum atomic E-state index is 11.2. The Hall–Kier alpha value is -1.85. The summed E-state index contributed by atoms with van der Waals surface area (Å²) in [7, 11) is 1.67. The van der Waals surface area contributed by atoms with Gasteiger partial charge in [0.1, 0.15) is 5.75 Å². The molecule has 1 N–H and O–H groups in total. The average Bonchev–Trinajstić information content (AvgIpc) is 3.10. The number of methoxy groups -OCH3 is 1. The van der Waals surface area contributed by atoms with Gasteiger partial charge in [-0.15, -0.1) is 0 Å². The predicted molar refractivity (Wildman–Crippen MR) is 91.1 cm³/mol. The molecule has 0 aliphatic carbocycles. The van der Waals surface area contributed by atoms with Crippen LogP contribution in [0.5, 0.6) is 5.75 Å². The van der Waals surface area contributed by atoms with E-state index >= 15 is 0 Å². The molecular weight excluding hydrogens is 310 g/mol. The molecule has 0 spiro atoms. The van der Waals surface area contributed by atoms with Gasteiger partial charge in [0.25, 0.3) is 0 Å². The lowest BCUT2D eigenvalue weighted by atomic mass is 9.92. The molecule has 23 heavy (non-hydrogen) atoms. The van der Waals surface area contributed by atoms with E-state index in [1.807, 2.05) is 12.1 Å². The summed E-state index contributed by atoms with van der Waals surface area (Å²) in [4.78, 5) is 13.6. The third-order valence-electron chi connectivity index (χ3n) is 4.53. The number of carbonyl (C=O) groups is 1. The summed E-state index contributed by atoms with van der Waals surface area (Å²) in [5.41, 5.74) is 2.49. The second kappa shape index (κ2) is 7.15. The summed E-state index contributed by atoms with van der Waals surface area (Å²) < 4.78 is 5.25. The largest absolute Gasteiger partial charge is 0.497 e. The van der Waals surface area contributed by atoms with Gasteiger partial charge < -0.3 is 9.84 Å². The van der Waals surface area contributed by atoms with Crippen LogP contribution >= 0.6 is 11.3 Å². The minimum atomic E-state index is -0.666. The van der Waals surface area contributed by atoms with Crippen LogP contribution in [-0.2, 0) is 4.79 Å². The number of carboxylic acid groups (broad SMARTS) is 1. The number of hydrogen-bond acceptors (Lipinski definition) is 4. The van der Waals surface area contributed by atoms with Crippen LogP contribution in [0.2, 0.25) is 0 Å². The number of hydrogen-bond donors (Lipinski definition) is 1. The van der Waals surface area contributed by atoms with Gasteiger partial charge in [0.05, 0.1) is 19.1 Å². The molecule has 3 rings (SSSR count). The molecule has 1 saturated heterocycles. The third-order valence-corrected chi connectivity index (χ3v) is 5.24. The summed E-state index contributed by atoms with van der Waals surface area (Å²) >= 11 is 1.69. The minimum Gasteiger partial charge on any atom is -0.497 e. The maximum Gasteiger partial charge on any atom is 0.306 e. The fraction of sp³-hybridized carbons (Fsp3) is 0.389. The molecule has 1 aliphatic rings. The van der Waals surface area contributed by atoms with Crippen molar-refractivity contribution in [2.24, 2.45) is 5.92 Å². The summed E-state index contributed by atoms with van der Waals surface area (Å²) in [6.45, 7) is 1.62. The van der Waals surface area contributed by atoms with Crippen molar-refractivity contribution in [2.45, 2.75) is 18.9 Å². The van der Waals surface area contributed by atoms with Crippen LogP contribution in [-0.4, -0.2) is 36.2 Å². The minimum absolute atomic E-state index is 0.182. The number of rotatable bonds is 5. The van der Waals surface area contributed by atoms with Gasteiger partial charge in [-0.3, -0.25) is 9.69 Å². The van der Waals surface area contributed by atoms with Crippen LogP contribution in [0.15, 0.2) is 41.1 Å². The molecule has 0 saturated carbocycles. The van der Waals surface area contributed by atoms with Gasteiger partial charge in [-0.25, -0.2) is 0 Å². The lowest BCUT2D eigenvalue weighted by Gasteiger charge is -2.36. The lowest BCUT2D eigenvalue weighted by Crippen LogP contribution is -2.39. The smallest absolute Gasteiger partial charge is 0.306 e. The van der Waals surface area contributed by atoms with Crippen molar-refractivity contribution in [1.82, 2.24) is 4.90 Å². The van der Waals surface area contributed by atoms with E-state index in [1.54, 1.807) is 18.4 Å². The lowest BCUT2D eigenvalue weighted by molar-refractivity contribution is -0.143. The zero-order valence-corrected chi connectivity index (χ0v) is 14.0. The van der Waals surface area contributed by atoms with Gasteiger partial charge in [0.15, 0.2) is 0 Å². The van der Waals surface area contributed by atoms with E-state index in [0.29, 0.717) is 12.8 Å². The van der Waals surface area contributed by atoms with Crippen LogP contribution in [0.3, 0.4) is 0 Å². The van der Waals surface area contributed by atoms with Crippen LogP contribution in [0.4, 0.5) is 0 Å². The molecular formula is C18H21NO3S. The Balaban J connectivity index is 1.83. The first-order valence-electron chi connectivity index (χ1n) is 7.82. The second-order valence-corrected chi connectivity index (χ2v) is 6.66. The summed E-state index contributed by atoms with van der Waals surface area (Å²) in [5, 5.41) is 13.5. The number of ether oxygens (including phenoxy) is 1. The van der Waals surface area contributed by atoms with E-state index in [4.69, 9.17) is 4.74 Å². The third kappa shape index (κ3) is 3.57. The van der Waals surface area contributed by atoms with E-state index in [2.05, 4.69) is 33.9 Å². The van der Waals surface area contributed by atoms with E-state index < -0.39 is 5.97 Å². The van der Waals surface area contributed by atoms with Crippen LogP contribution in [0, 0.1) is 5.92 Å². The molecule has 1 aromatic carbocycles. The molecule has 0 amide bonds. The standard InChI is InChI=1S/C18H21NO3S/c1-22-16-4-2-13(3-5-16)17(15-8-11-23-12-15)19-9-6-14(7-10-19)18(20)21/h2-5,8,11-12,14,17H,6-7,9-10H2,1H3,(H,20,21). The molecule has 1 atom stereocenters. The molecule has 1 aliphatic heterocycles. The summed E-state index contributed by atoms with van der Waals surface area (Å²) in [6, 6.07) is 10.5. The normalized spacial score (nSPS) is 17.8. The number of thiophene rings is 1. The van der Waals surface area contributed by atoms with Gasteiger partial charge in [-0.05, 0) is 66.0 Å². The highest BCUT2D eigenvalue weighted by molar-refractivity contribution is 7.08. The van der Waals surface area contributed by atoms with Crippen LogP contribution < -0.4 is 4.74 Å². The first kappa shape index (κ1) is 16.0. The summed E-state index contributed by atoms with van der Waals surface area (Å²) in [6.07, 6.45) is 1.43. The molecule has 1 aromatic heterocycles. The van der Waals surface area contributed by atoms with Crippen molar-refractivity contribution in [3.05, 3.63) is 52.2 Å². The van der Waals surface area contributed by atoms with E-state index in [9.17, 15) is 9.90 Å². The Kier molecular flexibility index (Phi) is 4.98. The Morgan fingerprint density at radius 1 is 1.22 bits per heavy atom. The zero-order chi connectivity index (χ0) is 16.2. The van der Waals surface area contributed by atoms with Crippen molar-refractivity contribution in [2.75, 3.05) is 20.2 Å². The molecule has 2 aromatic rings. The van der Waals surface area contributed by atoms with Crippen LogP contribution in [0.25, 0.3) is 0 Å². The van der Waals surface area contributed by atoms with Gasteiger partial charge in [-0.1, -0.05) is 12.1 Å². The first-order valence-corrected chi connectivity index (χ1v) is 8.76. The molecule has 0 bridgehead atoms. The Labute approximate surface area is 140 Å². The number of carboxylic acids is 1. The number of piperidine rings is 1. The highest BCUT2D eigenvalue weighted by atomic mass is 32.1. The van der Waals surface area contributed by atoms with Gasteiger partial charge in [0, 0.05) is 0 Å². The van der Waals surface area contributed by atoms with Gasteiger partial charge in [-0.2, -0.15) is 11.3 Å². The zero-order valence-electron chi connectivity index (χ0n) is 13.1. The van der Waals surface area contributed by atoms with Crippen molar-refractivity contribution in [1.29, 1.82) is 0 Å². The fourth-order valence-corrected chi connectivity index (χ4v) is 3.91. The highest BCUT2D eigenvalue weighted by Crippen LogP contribution is 2.34. The highest BCUT2D eigenvalue weighted by Gasteiger charge is 2.30. The molecule has 1 fully saturated rings. The van der Waals surface area contributed by atoms with Crippen molar-refractivity contribution >= 4 is 17.3 Å². The monoisotopic (exact) mass is 331 g/mol. The Morgan fingerprint density at radius 3 is 2.43 bits per heavy atom. The SMILES string of the molecule is COc1ccc(C(c2ccsc2)N2CCC(C(=O)O)CC2)cc1. The van der Waals surface area contributed by atoms with Crippen LogP contribution in [0.1, 0.15) is 30.0 Å². The number of benzene rings is 1. The fourth-order valence-electron chi connectivity index (χ4n) is 3.24. The molecule has 5 heteroatoms. The van der Waals surface area contributed by atoms with Crippen molar-refractivity contribution in [3.63, 3.8) is 0 Å². The Morgan fingerprint density at radius 2 is 1.91 bits per heavy atom. The van der Waals surface area contributed by atoms with E-state index in [1.165, 1.54) is 11.1 Å².